The first-order valence-electron chi connectivity index (χ1n) is 10.2. The van der Waals surface area contributed by atoms with Crippen molar-refractivity contribution in [3.05, 3.63) is 102 Å². The first kappa shape index (κ1) is 20.2. The van der Waals surface area contributed by atoms with Crippen LogP contribution in [0.15, 0.2) is 84.9 Å². The lowest BCUT2D eigenvalue weighted by Gasteiger charge is -2.36. The summed E-state index contributed by atoms with van der Waals surface area (Å²) in [6.07, 6.45) is 0. The Balaban J connectivity index is 1.82. The fourth-order valence-corrected chi connectivity index (χ4v) is 4.35. The number of carboxylic acid groups (broad SMARTS) is 1. The maximum Gasteiger partial charge on any atom is 0.307 e. The molecule has 4 heteroatoms. The molecule has 1 aliphatic rings. The summed E-state index contributed by atoms with van der Waals surface area (Å²) in [4.78, 5) is 11.5. The lowest BCUT2D eigenvalue weighted by Crippen LogP contribution is -2.34. The molecule has 0 saturated heterocycles. The number of benzene rings is 3. The smallest absolute Gasteiger partial charge is 0.307 e. The van der Waals surface area contributed by atoms with Crippen molar-refractivity contribution in [1.82, 2.24) is 0 Å². The minimum Gasteiger partial charge on any atom is -0.497 e. The number of carboxylic acids is 1. The zero-order valence-corrected chi connectivity index (χ0v) is 17.2. The maximum atomic E-state index is 11.5. The van der Waals surface area contributed by atoms with Crippen LogP contribution in [0.1, 0.15) is 23.6 Å². The molecule has 0 bridgehead atoms. The van der Waals surface area contributed by atoms with Gasteiger partial charge in [-0.25, -0.2) is 0 Å². The van der Waals surface area contributed by atoms with Gasteiger partial charge in [0.25, 0.3) is 0 Å². The third-order valence-corrected chi connectivity index (χ3v) is 6.20. The molecular formula is C26H26O4. The standard InChI is InChI=1S/C26H26O4/c1-18-23(24(18)25(27)28)17-30-26(19-9-5-3-6-10-19,20-11-7-4-8-12-20)21-13-15-22(29-2)16-14-21/h3-16,18,23-24H,17H2,1-2H3,(H,27,28). The van der Waals surface area contributed by atoms with Gasteiger partial charge in [-0.1, -0.05) is 79.7 Å². The predicted molar refractivity (Wildman–Crippen MR) is 115 cm³/mol. The quantitative estimate of drug-likeness (QED) is 0.541. The molecule has 0 aliphatic heterocycles. The summed E-state index contributed by atoms with van der Waals surface area (Å²) in [6.45, 7) is 2.35. The molecule has 3 unspecified atom stereocenters. The molecule has 0 heterocycles. The Kier molecular flexibility index (Phi) is 5.60. The van der Waals surface area contributed by atoms with E-state index in [1.807, 2.05) is 67.6 Å². The van der Waals surface area contributed by atoms with Crippen molar-refractivity contribution >= 4 is 5.97 Å². The van der Waals surface area contributed by atoms with Crippen molar-refractivity contribution in [3.8, 4) is 5.75 Å². The van der Waals surface area contributed by atoms with Crippen molar-refractivity contribution in [1.29, 1.82) is 0 Å². The van der Waals surface area contributed by atoms with Crippen molar-refractivity contribution in [3.63, 3.8) is 0 Å². The number of hydrogen-bond acceptors (Lipinski definition) is 3. The molecule has 0 amide bonds. The Hall–Kier alpha value is -3.11. The van der Waals surface area contributed by atoms with Crippen molar-refractivity contribution in [2.45, 2.75) is 12.5 Å². The van der Waals surface area contributed by atoms with Crippen molar-refractivity contribution in [2.24, 2.45) is 17.8 Å². The zero-order chi connectivity index (χ0) is 21.1. The fourth-order valence-electron chi connectivity index (χ4n) is 4.35. The lowest BCUT2D eigenvalue weighted by molar-refractivity contribution is -0.139. The largest absolute Gasteiger partial charge is 0.497 e. The van der Waals surface area contributed by atoms with Gasteiger partial charge >= 0.3 is 5.97 Å². The Morgan fingerprint density at radius 2 is 1.37 bits per heavy atom. The highest BCUT2D eigenvalue weighted by Gasteiger charge is 2.53. The van der Waals surface area contributed by atoms with E-state index in [0.29, 0.717) is 6.61 Å². The number of methoxy groups -OCH3 is 1. The Morgan fingerprint density at radius 1 is 0.867 bits per heavy atom. The van der Waals surface area contributed by atoms with Gasteiger partial charge in [-0.2, -0.15) is 0 Å². The first-order valence-corrected chi connectivity index (χ1v) is 10.2. The molecule has 1 fully saturated rings. The van der Waals surface area contributed by atoms with Gasteiger partial charge in [-0.15, -0.1) is 0 Å². The monoisotopic (exact) mass is 402 g/mol. The number of aliphatic carboxylic acids is 1. The molecule has 1 aliphatic carbocycles. The molecule has 0 spiro atoms. The highest BCUT2D eigenvalue weighted by Crippen LogP contribution is 2.49. The van der Waals surface area contributed by atoms with E-state index in [2.05, 4.69) is 24.3 Å². The van der Waals surface area contributed by atoms with Crippen molar-refractivity contribution in [2.75, 3.05) is 13.7 Å². The van der Waals surface area contributed by atoms with Crippen LogP contribution in [0.4, 0.5) is 0 Å². The summed E-state index contributed by atoms with van der Waals surface area (Å²) in [5.74, 6) is -0.193. The summed E-state index contributed by atoms with van der Waals surface area (Å²) >= 11 is 0. The molecular weight excluding hydrogens is 376 g/mol. The first-order chi connectivity index (χ1) is 14.6. The molecule has 3 aromatic carbocycles. The van der Waals surface area contributed by atoms with Crippen LogP contribution in [0, 0.1) is 17.8 Å². The molecule has 1 N–H and O–H groups in total. The summed E-state index contributed by atoms with van der Waals surface area (Å²) in [5, 5.41) is 9.46. The molecule has 3 atom stereocenters. The third kappa shape index (κ3) is 3.59. The van der Waals surface area contributed by atoms with Crippen LogP contribution in [0.3, 0.4) is 0 Å². The average molecular weight is 402 g/mol. The van der Waals surface area contributed by atoms with Crippen LogP contribution in [-0.2, 0) is 15.1 Å². The normalized spacial score (nSPS) is 20.5. The molecule has 4 nitrogen and oxygen atoms in total. The van der Waals surface area contributed by atoms with Gasteiger partial charge in [0.1, 0.15) is 11.4 Å². The van der Waals surface area contributed by atoms with E-state index in [1.54, 1.807) is 7.11 Å². The van der Waals surface area contributed by atoms with Gasteiger partial charge in [0, 0.05) is 0 Å². The molecule has 30 heavy (non-hydrogen) atoms. The fraction of sp³-hybridized carbons (Fsp3) is 0.269. The molecule has 3 aromatic rings. The van der Waals surface area contributed by atoms with Crippen LogP contribution in [0.2, 0.25) is 0 Å². The maximum absolute atomic E-state index is 11.5. The molecule has 0 aromatic heterocycles. The van der Waals surface area contributed by atoms with E-state index in [-0.39, 0.29) is 17.8 Å². The summed E-state index contributed by atoms with van der Waals surface area (Å²) in [6, 6.07) is 28.1. The van der Waals surface area contributed by atoms with E-state index in [0.717, 1.165) is 22.4 Å². The van der Waals surface area contributed by atoms with Crippen LogP contribution in [0.25, 0.3) is 0 Å². The van der Waals surface area contributed by atoms with Gasteiger partial charge in [-0.3, -0.25) is 4.79 Å². The summed E-state index contributed by atoms with van der Waals surface area (Å²) < 4.78 is 12.1. The Morgan fingerprint density at radius 3 is 1.80 bits per heavy atom. The van der Waals surface area contributed by atoms with Crippen LogP contribution in [-0.4, -0.2) is 24.8 Å². The molecule has 0 radical (unpaired) electrons. The second-order valence-corrected chi connectivity index (χ2v) is 7.84. The molecule has 154 valence electrons. The Labute approximate surface area is 177 Å². The SMILES string of the molecule is COc1ccc(C(OCC2C(C)C2C(=O)O)(c2ccccc2)c2ccccc2)cc1. The van der Waals surface area contributed by atoms with Gasteiger partial charge in [0.2, 0.25) is 0 Å². The van der Waals surface area contributed by atoms with E-state index in [9.17, 15) is 9.90 Å². The Bertz CT molecular complexity index is 943. The van der Waals surface area contributed by atoms with E-state index < -0.39 is 11.6 Å². The second kappa shape index (κ2) is 8.33. The zero-order valence-electron chi connectivity index (χ0n) is 17.2. The lowest BCUT2D eigenvalue weighted by atomic mass is 9.80. The van der Waals surface area contributed by atoms with Crippen LogP contribution >= 0.6 is 0 Å². The number of carbonyl (C=O) groups is 1. The van der Waals surface area contributed by atoms with Crippen LogP contribution < -0.4 is 4.74 Å². The average Bonchev–Trinajstić information content (AvgIpc) is 3.46. The number of ether oxygens (including phenoxy) is 2. The van der Waals surface area contributed by atoms with E-state index in [4.69, 9.17) is 9.47 Å². The summed E-state index contributed by atoms with van der Waals surface area (Å²) in [5.41, 5.74) is 2.13. The van der Waals surface area contributed by atoms with Gasteiger partial charge in [-0.05, 0) is 40.7 Å². The summed E-state index contributed by atoms with van der Waals surface area (Å²) in [7, 11) is 1.65. The van der Waals surface area contributed by atoms with Gasteiger partial charge < -0.3 is 14.6 Å². The highest BCUT2D eigenvalue weighted by molar-refractivity contribution is 5.74. The minimum atomic E-state index is -0.847. The topological polar surface area (TPSA) is 55.8 Å². The van der Waals surface area contributed by atoms with Crippen LogP contribution in [0.5, 0.6) is 5.75 Å². The number of hydrogen-bond donors (Lipinski definition) is 1. The molecule has 1 saturated carbocycles. The second-order valence-electron chi connectivity index (χ2n) is 7.84. The van der Waals surface area contributed by atoms with E-state index in [1.165, 1.54) is 0 Å². The van der Waals surface area contributed by atoms with Crippen molar-refractivity contribution < 1.29 is 19.4 Å². The van der Waals surface area contributed by atoms with E-state index >= 15 is 0 Å². The van der Waals surface area contributed by atoms with Gasteiger partial charge in [0.05, 0.1) is 19.6 Å². The minimum absolute atomic E-state index is 0.00699. The highest BCUT2D eigenvalue weighted by atomic mass is 16.5. The predicted octanol–water partition coefficient (Wildman–Crippen LogP) is 4.97. The number of rotatable bonds is 8. The third-order valence-electron chi connectivity index (χ3n) is 6.20. The van der Waals surface area contributed by atoms with Gasteiger partial charge in [0.15, 0.2) is 0 Å². The molecule has 4 rings (SSSR count).